The van der Waals surface area contributed by atoms with Crippen molar-refractivity contribution in [2.24, 2.45) is 0 Å². The van der Waals surface area contributed by atoms with Crippen molar-refractivity contribution >= 4 is 5.69 Å². The maximum Gasteiger partial charge on any atom is 0.213 e. The average molecular weight is 280 g/mol. The van der Waals surface area contributed by atoms with E-state index < -0.39 is 11.6 Å². The molecule has 1 aromatic carbocycles. The van der Waals surface area contributed by atoms with E-state index in [1.54, 1.807) is 12.1 Å². The van der Waals surface area contributed by atoms with Gasteiger partial charge in [0.2, 0.25) is 5.88 Å². The number of halogens is 2. The zero-order chi connectivity index (χ0) is 14.4. The van der Waals surface area contributed by atoms with Gasteiger partial charge in [-0.1, -0.05) is 0 Å². The fourth-order valence-electron chi connectivity index (χ4n) is 1.60. The van der Waals surface area contributed by atoms with Crippen molar-refractivity contribution in [3.05, 3.63) is 53.7 Å². The number of rotatable bonds is 6. The SMILES string of the molecule is OCCOc1ccc(NCc2cc(F)ccc2F)cn1. The van der Waals surface area contributed by atoms with Crippen LogP contribution in [0.25, 0.3) is 0 Å². The monoisotopic (exact) mass is 280 g/mol. The first-order valence-electron chi connectivity index (χ1n) is 6.06. The summed E-state index contributed by atoms with van der Waals surface area (Å²) in [5.41, 5.74) is 0.899. The zero-order valence-corrected chi connectivity index (χ0v) is 10.6. The zero-order valence-electron chi connectivity index (χ0n) is 10.6. The van der Waals surface area contributed by atoms with Gasteiger partial charge in [-0.05, 0) is 24.3 Å². The first-order valence-corrected chi connectivity index (χ1v) is 6.06. The third kappa shape index (κ3) is 3.89. The fourth-order valence-corrected chi connectivity index (χ4v) is 1.60. The van der Waals surface area contributed by atoms with Crippen LogP contribution < -0.4 is 10.1 Å². The summed E-state index contributed by atoms with van der Waals surface area (Å²) in [6, 6.07) is 6.65. The van der Waals surface area contributed by atoms with Crippen LogP contribution in [0.4, 0.5) is 14.5 Å². The Morgan fingerprint density at radius 1 is 1.20 bits per heavy atom. The number of ether oxygens (including phenoxy) is 1. The van der Waals surface area contributed by atoms with E-state index in [1.807, 2.05) is 0 Å². The van der Waals surface area contributed by atoms with E-state index in [1.165, 1.54) is 6.20 Å². The van der Waals surface area contributed by atoms with Crippen molar-refractivity contribution in [1.29, 1.82) is 0 Å². The van der Waals surface area contributed by atoms with Crippen LogP contribution in [0.3, 0.4) is 0 Å². The second kappa shape index (κ2) is 6.81. The number of benzene rings is 1. The van der Waals surface area contributed by atoms with Crippen LogP contribution in [0.2, 0.25) is 0 Å². The molecule has 0 unspecified atom stereocenters. The fraction of sp³-hybridized carbons (Fsp3) is 0.214. The molecule has 4 nitrogen and oxygen atoms in total. The third-order valence-electron chi connectivity index (χ3n) is 2.57. The second-order valence-corrected chi connectivity index (χ2v) is 4.05. The summed E-state index contributed by atoms with van der Waals surface area (Å²) in [5.74, 6) is -0.551. The van der Waals surface area contributed by atoms with Crippen LogP contribution in [-0.4, -0.2) is 23.3 Å². The van der Waals surface area contributed by atoms with Crippen molar-refractivity contribution < 1.29 is 18.6 Å². The molecule has 0 saturated carbocycles. The molecule has 1 heterocycles. The molecule has 20 heavy (non-hydrogen) atoms. The van der Waals surface area contributed by atoms with Gasteiger partial charge >= 0.3 is 0 Å². The maximum atomic E-state index is 13.4. The van der Waals surface area contributed by atoms with Gasteiger partial charge in [-0.3, -0.25) is 0 Å². The van der Waals surface area contributed by atoms with Crippen molar-refractivity contribution in [3.8, 4) is 5.88 Å². The molecule has 0 aliphatic rings. The lowest BCUT2D eigenvalue weighted by Crippen LogP contribution is -2.05. The van der Waals surface area contributed by atoms with Gasteiger partial charge in [0.1, 0.15) is 18.2 Å². The van der Waals surface area contributed by atoms with Gasteiger partial charge in [0.25, 0.3) is 0 Å². The van der Waals surface area contributed by atoms with Gasteiger partial charge in [-0.15, -0.1) is 0 Å². The summed E-state index contributed by atoms with van der Waals surface area (Å²) in [6.45, 7) is 0.247. The summed E-state index contributed by atoms with van der Waals surface area (Å²) < 4.78 is 31.5. The first kappa shape index (κ1) is 14.2. The lowest BCUT2D eigenvalue weighted by Gasteiger charge is -2.08. The number of aliphatic hydroxyl groups excluding tert-OH is 1. The topological polar surface area (TPSA) is 54.4 Å². The molecule has 1 aromatic heterocycles. The van der Waals surface area contributed by atoms with Crippen LogP contribution in [0.5, 0.6) is 5.88 Å². The Morgan fingerprint density at radius 3 is 2.75 bits per heavy atom. The van der Waals surface area contributed by atoms with E-state index >= 15 is 0 Å². The van der Waals surface area contributed by atoms with Gasteiger partial charge < -0.3 is 15.2 Å². The molecule has 0 aliphatic carbocycles. The van der Waals surface area contributed by atoms with E-state index in [4.69, 9.17) is 9.84 Å². The summed E-state index contributed by atoms with van der Waals surface area (Å²) >= 11 is 0. The highest BCUT2D eigenvalue weighted by molar-refractivity contribution is 5.42. The molecule has 0 aliphatic heterocycles. The van der Waals surface area contributed by atoms with Crippen molar-refractivity contribution in [2.45, 2.75) is 6.54 Å². The van der Waals surface area contributed by atoms with Crippen molar-refractivity contribution in [2.75, 3.05) is 18.5 Å². The van der Waals surface area contributed by atoms with E-state index in [9.17, 15) is 8.78 Å². The Kier molecular flexibility index (Phi) is 4.84. The third-order valence-corrected chi connectivity index (χ3v) is 2.57. The van der Waals surface area contributed by atoms with Gasteiger partial charge in [0, 0.05) is 18.2 Å². The molecule has 0 spiro atoms. The molecule has 0 amide bonds. The Hall–Kier alpha value is -2.21. The predicted octanol–water partition coefficient (Wildman–Crippen LogP) is 2.34. The van der Waals surface area contributed by atoms with Gasteiger partial charge in [0.05, 0.1) is 18.5 Å². The second-order valence-electron chi connectivity index (χ2n) is 4.05. The molecule has 0 bridgehead atoms. The summed E-state index contributed by atoms with van der Waals surface area (Å²) in [7, 11) is 0. The minimum absolute atomic E-state index is 0.0828. The first-order chi connectivity index (χ1) is 9.69. The number of hydrogen-bond donors (Lipinski definition) is 2. The number of hydrogen-bond acceptors (Lipinski definition) is 4. The van der Waals surface area contributed by atoms with E-state index in [0.717, 1.165) is 18.2 Å². The van der Waals surface area contributed by atoms with Gasteiger partial charge in [0.15, 0.2) is 0 Å². The normalized spacial score (nSPS) is 10.3. The molecular weight excluding hydrogens is 266 g/mol. The smallest absolute Gasteiger partial charge is 0.213 e. The molecule has 2 N–H and O–H groups in total. The number of pyridine rings is 1. The lowest BCUT2D eigenvalue weighted by atomic mass is 10.2. The minimum Gasteiger partial charge on any atom is -0.475 e. The van der Waals surface area contributed by atoms with Crippen LogP contribution in [-0.2, 0) is 6.54 Å². The maximum absolute atomic E-state index is 13.4. The van der Waals surface area contributed by atoms with E-state index in [2.05, 4.69) is 10.3 Å². The quantitative estimate of drug-likeness (QED) is 0.853. The number of aliphatic hydroxyl groups is 1. The standard InChI is InChI=1S/C14H14F2N2O2/c15-11-1-3-13(16)10(7-11)8-17-12-2-4-14(18-9-12)20-6-5-19/h1-4,7,9,17,19H,5-6,8H2. The Morgan fingerprint density at radius 2 is 2.05 bits per heavy atom. The van der Waals surface area contributed by atoms with Crippen LogP contribution in [0.1, 0.15) is 5.56 Å². The number of anilines is 1. The molecular formula is C14H14F2N2O2. The number of aromatic nitrogens is 1. The van der Waals surface area contributed by atoms with Crippen LogP contribution in [0, 0.1) is 11.6 Å². The van der Waals surface area contributed by atoms with Gasteiger partial charge in [-0.2, -0.15) is 0 Å². The van der Waals surface area contributed by atoms with E-state index in [0.29, 0.717) is 11.6 Å². The summed E-state index contributed by atoms with van der Waals surface area (Å²) in [5, 5.41) is 11.5. The van der Waals surface area contributed by atoms with Crippen molar-refractivity contribution in [1.82, 2.24) is 4.98 Å². The molecule has 0 radical (unpaired) electrons. The Balaban J connectivity index is 1.95. The van der Waals surface area contributed by atoms with Crippen LogP contribution >= 0.6 is 0 Å². The molecule has 0 saturated heterocycles. The number of nitrogens with zero attached hydrogens (tertiary/aromatic N) is 1. The molecule has 0 atom stereocenters. The van der Waals surface area contributed by atoms with Crippen LogP contribution in [0.15, 0.2) is 36.5 Å². The lowest BCUT2D eigenvalue weighted by molar-refractivity contribution is 0.196. The molecule has 2 aromatic rings. The Labute approximate surface area is 115 Å². The van der Waals surface area contributed by atoms with E-state index in [-0.39, 0.29) is 25.3 Å². The molecule has 2 rings (SSSR count). The summed E-state index contributed by atoms with van der Waals surface area (Å²) in [4.78, 5) is 4.00. The molecule has 106 valence electrons. The predicted molar refractivity (Wildman–Crippen MR) is 70.5 cm³/mol. The van der Waals surface area contributed by atoms with Gasteiger partial charge in [-0.25, -0.2) is 13.8 Å². The highest BCUT2D eigenvalue weighted by Crippen LogP contribution is 2.15. The number of nitrogens with one attached hydrogen (secondary N) is 1. The molecule has 6 heteroatoms. The highest BCUT2D eigenvalue weighted by Gasteiger charge is 2.04. The Bertz CT molecular complexity index is 562. The average Bonchev–Trinajstić information content (AvgIpc) is 2.47. The highest BCUT2D eigenvalue weighted by atomic mass is 19.1. The largest absolute Gasteiger partial charge is 0.475 e. The van der Waals surface area contributed by atoms with Crippen molar-refractivity contribution in [3.63, 3.8) is 0 Å². The minimum atomic E-state index is -0.478. The molecule has 0 fully saturated rings. The summed E-state index contributed by atoms with van der Waals surface area (Å²) in [6.07, 6.45) is 1.52.